The lowest BCUT2D eigenvalue weighted by Gasteiger charge is -2.36. The van der Waals surface area contributed by atoms with Gasteiger partial charge in [-0.1, -0.05) is 32.0 Å². The van der Waals surface area contributed by atoms with Crippen molar-refractivity contribution in [3.05, 3.63) is 77.0 Å². The maximum atomic E-state index is 13.8. The van der Waals surface area contributed by atoms with Gasteiger partial charge in [-0.25, -0.2) is 13.6 Å². The summed E-state index contributed by atoms with van der Waals surface area (Å²) in [6.07, 6.45) is 1.39. The number of benzene rings is 2. The minimum Gasteiger partial charge on any atom is -0.430 e. The summed E-state index contributed by atoms with van der Waals surface area (Å²) in [5.74, 6) is -5.47. The van der Waals surface area contributed by atoms with Crippen LogP contribution < -0.4 is 5.32 Å². The molecule has 2 unspecified atom stereocenters. The first-order valence-corrected chi connectivity index (χ1v) is 10.7. The van der Waals surface area contributed by atoms with Gasteiger partial charge in [-0.15, -0.1) is 0 Å². The molecule has 0 saturated heterocycles. The molecule has 174 valence electrons. The summed E-state index contributed by atoms with van der Waals surface area (Å²) in [7, 11) is 0. The van der Waals surface area contributed by atoms with Crippen molar-refractivity contribution in [3.63, 3.8) is 0 Å². The summed E-state index contributed by atoms with van der Waals surface area (Å²) in [5, 5.41) is 13.4. The van der Waals surface area contributed by atoms with Gasteiger partial charge in [0.15, 0.2) is 11.6 Å². The fourth-order valence-corrected chi connectivity index (χ4v) is 4.68. The first kappa shape index (κ1) is 22.9. The van der Waals surface area contributed by atoms with Crippen molar-refractivity contribution >= 4 is 17.6 Å². The van der Waals surface area contributed by atoms with Crippen LogP contribution in [-0.4, -0.2) is 40.3 Å². The Bertz CT molecular complexity index is 1150. The van der Waals surface area contributed by atoms with Gasteiger partial charge < -0.3 is 20.1 Å². The Morgan fingerprint density at radius 2 is 1.85 bits per heavy atom. The number of anilines is 1. The normalized spacial score (nSPS) is 21.3. The van der Waals surface area contributed by atoms with Gasteiger partial charge in [0.05, 0.1) is 11.6 Å². The smallest absolute Gasteiger partial charge is 0.340 e. The molecule has 4 rings (SSSR count). The summed E-state index contributed by atoms with van der Waals surface area (Å²) in [6, 6.07) is 10.1. The molecule has 0 saturated carbocycles. The van der Waals surface area contributed by atoms with Crippen LogP contribution in [0.3, 0.4) is 0 Å². The van der Waals surface area contributed by atoms with Crippen molar-refractivity contribution in [2.24, 2.45) is 5.41 Å². The Hall–Kier alpha value is -3.26. The van der Waals surface area contributed by atoms with Gasteiger partial charge in [-0.3, -0.25) is 4.79 Å². The summed E-state index contributed by atoms with van der Waals surface area (Å²) < 4.78 is 32.5. The number of fused-ring (bicyclic) bond motifs is 3. The van der Waals surface area contributed by atoms with Crippen LogP contribution in [0.15, 0.2) is 54.2 Å². The molecule has 6 nitrogen and oxygen atoms in total. The SMILES string of the molecule is CC(C)(O)OC(=O)C1=CN(C(=O)c2ccc(F)c(F)c2)CC(C)(C)C2c3ccccc3NC12. The average Bonchev–Trinajstić information content (AvgIpc) is 3.06. The Morgan fingerprint density at radius 1 is 1.15 bits per heavy atom. The molecule has 2 aliphatic heterocycles. The molecule has 2 heterocycles. The zero-order valence-corrected chi connectivity index (χ0v) is 18.9. The lowest BCUT2D eigenvalue weighted by Crippen LogP contribution is -2.39. The highest BCUT2D eigenvalue weighted by Crippen LogP contribution is 2.50. The van der Waals surface area contributed by atoms with E-state index in [1.54, 1.807) is 0 Å². The molecule has 0 fully saturated rings. The van der Waals surface area contributed by atoms with Gasteiger partial charge in [-0.05, 0) is 35.2 Å². The van der Waals surface area contributed by atoms with E-state index in [9.17, 15) is 23.5 Å². The number of rotatable bonds is 3. The van der Waals surface area contributed by atoms with E-state index in [4.69, 9.17) is 4.74 Å². The van der Waals surface area contributed by atoms with E-state index >= 15 is 0 Å². The van der Waals surface area contributed by atoms with Crippen LogP contribution in [0.2, 0.25) is 0 Å². The average molecular weight is 456 g/mol. The number of carbonyl (C=O) groups excluding carboxylic acids is 2. The van der Waals surface area contributed by atoms with Gasteiger partial charge in [0.1, 0.15) is 0 Å². The first-order chi connectivity index (χ1) is 15.4. The second-order valence-corrected chi connectivity index (χ2v) is 9.66. The third-order valence-corrected chi connectivity index (χ3v) is 6.00. The van der Waals surface area contributed by atoms with E-state index in [0.29, 0.717) is 0 Å². The molecule has 2 aromatic rings. The summed E-state index contributed by atoms with van der Waals surface area (Å²) in [5.41, 5.74) is 1.46. The Kier molecular flexibility index (Phi) is 5.52. The molecule has 33 heavy (non-hydrogen) atoms. The number of esters is 1. The van der Waals surface area contributed by atoms with Crippen LogP contribution in [0.5, 0.6) is 0 Å². The van der Waals surface area contributed by atoms with E-state index in [0.717, 1.165) is 23.4 Å². The van der Waals surface area contributed by atoms with E-state index < -0.39 is 40.8 Å². The molecule has 2 aliphatic rings. The van der Waals surface area contributed by atoms with Crippen molar-refractivity contribution in [1.29, 1.82) is 0 Å². The van der Waals surface area contributed by atoms with Gasteiger partial charge in [0.2, 0.25) is 5.79 Å². The molecule has 2 aromatic carbocycles. The van der Waals surface area contributed by atoms with Crippen molar-refractivity contribution < 1.29 is 28.2 Å². The van der Waals surface area contributed by atoms with Crippen LogP contribution in [-0.2, 0) is 9.53 Å². The number of hydrogen-bond acceptors (Lipinski definition) is 5. The maximum Gasteiger partial charge on any atom is 0.340 e. The molecule has 0 aliphatic carbocycles. The molecule has 8 heteroatoms. The van der Waals surface area contributed by atoms with Gasteiger partial charge in [0, 0.05) is 43.8 Å². The van der Waals surface area contributed by atoms with Crippen LogP contribution in [0.1, 0.15) is 49.5 Å². The van der Waals surface area contributed by atoms with Crippen molar-refractivity contribution in [2.45, 2.75) is 45.4 Å². The Balaban J connectivity index is 1.81. The lowest BCUT2D eigenvalue weighted by atomic mass is 9.71. The van der Waals surface area contributed by atoms with E-state index in [1.807, 2.05) is 38.1 Å². The third-order valence-electron chi connectivity index (χ3n) is 6.00. The lowest BCUT2D eigenvalue weighted by molar-refractivity contribution is -0.190. The van der Waals surface area contributed by atoms with Crippen molar-refractivity contribution in [1.82, 2.24) is 4.90 Å². The minimum absolute atomic E-state index is 0.0448. The fourth-order valence-electron chi connectivity index (χ4n) is 4.68. The van der Waals surface area contributed by atoms with E-state index in [2.05, 4.69) is 5.32 Å². The van der Waals surface area contributed by atoms with Gasteiger partial charge in [-0.2, -0.15) is 0 Å². The van der Waals surface area contributed by atoms with Crippen LogP contribution in [0.4, 0.5) is 14.5 Å². The number of ether oxygens (including phenoxy) is 1. The monoisotopic (exact) mass is 456 g/mol. The predicted octanol–water partition coefficient (Wildman–Crippen LogP) is 4.18. The number of nitrogens with zero attached hydrogens (tertiary/aromatic N) is 1. The van der Waals surface area contributed by atoms with Gasteiger partial charge in [0.25, 0.3) is 5.91 Å². The second kappa shape index (κ2) is 7.95. The zero-order chi connectivity index (χ0) is 24.1. The predicted molar refractivity (Wildman–Crippen MR) is 118 cm³/mol. The topological polar surface area (TPSA) is 78.9 Å². The van der Waals surface area contributed by atoms with E-state index in [-0.39, 0.29) is 23.6 Å². The standard InChI is InChI=1S/C25H26F2N2O4/c1-24(2)13-29(22(30)14-9-10-17(26)18(27)11-14)12-16(23(31)33-25(3,4)32)21-20(24)15-7-5-6-8-19(15)28-21/h5-12,20-21,28,32H,13H2,1-4H3. The number of para-hydroxylation sites is 1. The molecule has 2 atom stereocenters. The summed E-state index contributed by atoms with van der Waals surface area (Å²) >= 11 is 0. The fraction of sp³-hybridized carbons (Fsp3) is 0.360. The highest BCUT2D eigenvalue weighted by atomic mass is 19.2. The van der Waals surface area contributed by atoms with Crippen LogP contribution >= 0.6 is 0 Å². The molecule has 1 amide bonds. The number of halogens is 2. The Morgan fingerprint density at radius 3 is 2.52 bits per heavy atom. The van der Waals surface area contributed by atoms with Crippen molar-refractivity contribution in [3.8, 4) is 0 Å². The second-order valence-electron chi connectivity index (χ2n) is 9.66. The number of hydrogen-bond donors (Lipinski definition) is 2. The quantitative estimate of drug-likeness (QED) is 0.535. The molecule has 2 N–H and O–H groups in total. The van der Waals surface area contributed by atoms with Crippen LogP contribution in [0.25, 0.3) is 0 Å². The van der Waals surface area contributed by atoms with Crippen molar-refractivity contribution in [2.75, 3.05) is 11.9 Å². The number of aliphatic hydroxyl groups is 1. The molecular weight excluding hydrogens is 430 g/mol. The number of nitrogens with one attached hydrogen (secondary N) is 1. The van der Waals surface area contributed by atoms with Gasteiger partial charge >= 0.3 is 5.97 Å². The third kappa shape index (κ3) is 4.35. The molecule has 0 bridgehead atoms. The summed E-state index contributed by atoms with van der Waals surface area (Å²) in [4.78, 5) is 27.8. The minimum atomic E-state index is -1.73. The van der Waals surface area contributed by atoms with Crippen LogP contribution in [0, 0.1) is 17.0 Å². The maximum absolute atomic E-state index is 13.8. The molecular formula is C25H26F2N2O4. The largest absolute Gasteiger partial charge is 0.430 e. The molecule has 0 aromatic heterocycles. The first-order valence-electron chi connectivity index (χ1n) is 10.7. The zero-order valence-electron chi connectivity index (χ0n) is 18.9. The Labute approximate surface area is 190 Å². The highest BCUT2D eigenvalue weighted by Gasteiger charge is 2.49. The van der Waals surface area contributed by atoms with E-state index in [1.165, 1.54) is 31.0 Å². The molecule has 0 radical (unpaired) electrons. The molecule has 0 spiro atoms. The highest BCUT2D eigenvalue weighted by molar-refractivity contribution is 5.97. The number of amides is 1. The summed E-state index contributed by atoms with van der Waals surface area (Å²) in [6.45, 7) is 6.85. The number of carbonyl (C=O) groups is 2.